The number of hydrogen-bond donors (Lipinski definition) is 4. The van der Waals surface area contributed by atoms with Crippen LogP contribution >= 0.6 is 0 Å². The van der Waals surface area contributed by atoms with Gasteiger partial charge in [0.1, 0.15) is 12.1 Å². The van der Waals surface area contributed by atoms with Crippen LogP contribution in [-0.2, 0) is 33.8 Å². The van der Waals surface area contributed by atoms with Crippen molar-refractivity contribution >= 4 is 23.9 Å². The Morgan fingerprint density at radius 2 is 1.70 bits per heavy atom. The molecule has 1 fully saturated rings. The summed E-state index contributed by atoms with van der Waals surface area (Å²) in [4.78, 5) is 62.4. The van der Waals surface area contributed by atoms with Crippen LogP contribution in [0.1, 0.15) is 63.6 Å². The van der Waals surface area contributed by atoms with Crippen LogP contribution in [0.15, 0.2) is 66.7 Å². The number of benzene rings is 2. The van der Waals surface area contributed by atoms with Crippen molar-refractivity contribution in [2.24, 2.45) is 11.3 Å². The minimum atomic E-state index is -1.22. The Labute approximate surface area is 335 Å². The standard InChI is InChI=1S/C42H57N7O8/c1-8-27(2)36(49-20-19-47(41(49)54)24-31-16-12-13-28(3)43-31)38(51)44-32(21-29-14-10-9-11-15-29)33(50)25-48(23-30-17-18-34-35(22-30)57-26-56-34)46-39(52)37(42(4,5)6)45-40(53)55-7/h9-18,22,27,32-33,36-37,50H,8,19-21,23-26H2,1-7H3,(H,44,51)(H,45,53)(H,46,52)/t27-,32-,33-,36-,37+/m0/s1. The lowest BCUT2D eigenvalue weighted by Gasteiger charge is -2.36. The van der Waals surface area contributed by atoms with Gasteiger partial charge in [0.05, 0.1) is 31.5 Å². The molecule has 5 amide bonds. The molecule has 1 saturated heterocycles. The van der Waals surface area contributed by atoms with E-state index in [0.29, 0.717) is 37.6 Å². The molecule has 57 heavy (non-hydrogen) atoms. The quantitative estimate of drug-likeness (QED) is 0.146. The zero-order valence-electron chi connectivity index (χ0n) is 34.0. The predicted octanol–water partition coefficient (Wildman–Crippen LogP) is 4.16. The van der Waals surface area contributed by atoms with Gasteiger partial charge in [-0.2, -0.15) is 0 Å². The fraction of sp³-hybridized carbons (Fsp3) is 0.500. The van der Waals surface area contributed by atoms with E-state index in [9.17, 15) is 24.3 Å². The van der Waals surface area contributed by atoms with Gasteiger partial charge in [-0.05, 0) is 60.1 Å². The third kappa shape index (κ3) is 11.3. The number of hydrazine groups is 1. The summed E-state index contributed by atoms with van der Waals surface area (Å²) in [5.41, 5.74) is 5.45. The molecule has 15 heteroatoms. The smallest absolute Gasteiger partial charge is 0.407 e. The molecule has 2 aromatic carbocycles. The largest absolute Gasteiger partial charge is 0.454 e. The molecule has 2 aliphatic heterocycles. The van der Waals surface area contributed by atoms with Crippen LogP contribution in [0.2, 0.25) is 0 Å². The number of methoxy groups -OCH3 is 1. The van der Waals surface area contributed by atoms with E-state index in [-0.39, 0.29) is 44.2 Å². The molecule has 3 aromatic rings. The van der Waals surface area contributed by atoms with E-state index in [4.69, 9.17) is 14.2 Å². The number of ether oxygens (including phenoxy) is 3. The number of urea groups is 1. The Morgan fingerprint density at radius 3 is 2.39 bits per heavy atom. The van der Waals surface area contributed by atoms with E-state index in [0.717, 1.165) is 22.5 Å². The first kappa shape index (κ1) is 42.7. The van der Waals surface area contributed by atoms with Crippen LogP contribution in [0.3, 0.4) is 0 Å². The van der Waals surface area contributed by atoms with Gasteiger partial charge in [0, 0.05) is 31.9 Å². The fourth-order valence-electron chi connectivity index (χ4n) is 7.07. The molecular weight excluding hydrogens is 731 g/mol. The van der Waals surface area contributed by atoms with Crippen molar-refractivity contribution in [1.82, 2.24) is 35.9 Å². The monoisotopic (exact) mass is 787 g/mol. The molecule has 0 aliphatic carbocycles. The van der Waals surface area contributed by atoms with Crippen molar-refractivity contribution in [3.05, 3.63) is 89.2 Å². The highest BCUT2D eigenvalue weighted by Crippen LogP contribution is 2.33. The lowest BCUT2D eigenvalue weighted by Crippen LogP contribution is -2.60. The van der Waals surface area contributed by atoms with Crippen molar-refractivity contribution in [2.45, 2.75) is 91.7 Å². The van der Waals surface area contributed by atoms with Crippen molar-refractivity contribution in [1.29, 1.82) is 0 Å². The third-order valence-corrected chi connectivity index (χ3v) is 10.4. The van der Waals surface area contributed by atoms with Crippen molar-refractivity contribution in [2.75, 3.05) is 33.5 Å². The van der Waals surface area contributed by atoms with E-state index < -0.39 is 41.6 Å². The molecule has 0 bridgehead atoms. The molecule has 0 saturated carbocycles. The number of pyridine rings is 1. The second-order valence-electron chi connectivity index (χ2n) is 15.8. The summed E-state index contributed by atoms with van der Waals surface area (Å²) in [6.45, 7) is 12.5. The first-order valence-electron chi connectivity index (χ1n) is 19.5. The first-order valence-corrected chi connectivity index (χ1v) is 19.5. The number of alkyl carbamates (subject to hydrolysis) is 1. The van der Waals surface area contributed by atoms with Gasteiger partial charge in [-0.15, -0.1) is 0 Å². The number of nitrogens with zero attached hydrogens (tertiary/aromatic N) is 4. The van der Waals surface area contributed by atoms with Crippen LogP contribution in [-0.4, -0.2) is 107 Å². The fourth-order valence-corrected chi connectivity index (χ4v) is 7.07. The number of aliphatic hydroxyl groups excluding tert-OH is 1. The maximum Gasteiger partial charge on any atom is 0.407 e. The number of aromatic nitrogens is 1. The van der Waals surface area contributed by atoms with Crippen LogP contribution in [0.5, 0.6) is 11.5 Å². The summed E-state index contributed by atoms with van der Waals surface area (Å²) in [6, 6.07) is 17.7. The van der Waals surface area contributed by atoms with Crippen molar-refractivity contribution in [3.8, 4) is 11.5 Å². The number of aliphatic hydroxyl groups is 1. The SMILES string of the molecule is CC[C@H](C)[C@@H](C(=O)N[C@@H](Cc1ccccc1)[C@@H](O)CN(Cc1ccc2c(c1)OCO2)NC(=O)[C@@H](NC(=O)OC)C(C)(C)C)N1CCN(Cc2cccc(C)n2)C1=O. The number of fused-ring (bicyclic) bond motifs is 1. The Balaban J connectivity index is 1.40. The van der Waals surface area contributed by atoms with Crippen molar-refractivity contribution in [3.63, 3.8) is 0 Å². The van der Waals surface area contributed by atoms with Gasteiger partial charge >= 0.3 is 12.1 Å². The zero-order valence-corrected chi connectivity index (χ0v) is 34.0. The Morgan fingerprint density at radius 1 is 0.965 bits per heavy atom. The maximum atomic E-state index is 14.5. The summed E-state index contributed by atoms with van der Waals surface area (Å²) in [5, 5.41) is 19.4. The second-order valence-corrected chi connectivity index (χ2v) is 15.8. The van der Waals surface area contributed by atoms with E-state index in [1.807, 2.05) is 96.1 Å². The van der Waals surface area contributed by atoms with Crippen LogP contribution in [0, 0.1) is 18.3 Å². The molecule has 308 valence electrons. The molecular formula is C42H57N7O8. The molecule has 1 aromatic heterocycles. The van der Waals surface area contributed by atoms with Gasteiger partial charge in [-0.3, -0.25) is 20.0 Å². The van der Waals surface area contributed by atoms with E-state index in [2.05, 4.69) is 21.0 Å². The molecule has 3 heterocycles. The molecule has 0 spiro atoms. The molecule has 4 N–H and O–H groups in total. The highest BCUT2D eigenvalue weighted by atomic mass is 16.7. The molecule has 5 atom stereocenters. The zero-order chi connectivity index (χ0) is 41.3. The first-order chi connectivity index (χ1) is 27.2. The highest BCUT2D eigenvalue weighted by molar-refractivity contribution is 5.88. The van der Waals surface area contributed by atoms with E-state index >= 15 is 0 Å². The number of aryl methyl sites for hydroxylation is 1. The van der Waals surface area contributed by atoms with Crippen LogP contribution in [0.25, 0.3) is 0 Å². The van der Waals surface area contributed by atoms with Crippen molar-refractivity contribution < 1.29 is 38.5 Å². The van der Waals surface area contributed by atoms with E-state index in [1.54, 1.807) is 26.9 Å². The molecule has 0 unspecified atom stereocenters. The summed E-state index contributed by atoms with van der Waals surface area (Å²) >= 11 is 0. The number of amides is 5. The normalized spacial score (nSPS) is 16.5. The summed E-state index contributed by atoms with van der Waals surface area (Å²) < 4.78 is 15.9. The number of nitrogens with one attached hydrogen (secondary N) is 3. The second kappa shape index (κ2) is 19.2. The molecule has 15 nitrogen and oxygen atoms in total. The predicted molar refractivity (Wildman–Crippen MR) is 213 cm³/mol. The van der Waals surface area contributed by atoms with Gasteiger partial charge in [-0.1, -0.05) is 83.5 Å². The average molecular weight is 788 g/mol. The lowest BCUT2D eigenvalue weighted by molar-refractivity contribution is -0.132. The summed E-state index contributed by atoms with van der Waals surface area (Å²) in [6.07, 6.45) is -1.08. The Hall–Kier alpha value is -5.41. The van der Waals surface area contributed by atoms with Gasteiger partial charge in [-0.25, -0.2) is 14.6 Å². The minimum Gasteiger partial charge on any atom is -0.454 e. The Bertz CT molecular complexity index is 1860. The van der Waals surface area contributed by atoms with Gasteiger partial charge in [0.15, 0.2) is 11.5 Å². The minimum absolute atomic E-state index is 0.0912. The highest BCUT2D eigenvalue weighted by Gasteiger charge is 2.41. The third-order valence-electron chi connectivity index (χ3n) is 10.4. The summed E-state index contributed by atoms with van der Waals surface area (Å²) in [7, 11) is 1.22. The number of hydrogen-bond acceptors (Lipinski definition) is 10. The van der Waals surface area contributed by atoms with E-state index in [1.165, 1.54) is 7.11 Å². The van der Waals surface area contributed by atoms with Gasteiger partial charge in [0.25, 0.3) is 5.91 Å². The number of carbonyl (C=O) groups excluding carboxylic acids is 4. The van der Waals surface area contributed by atoms with Gasteiger partial charge in [0.2, 0.25) is 12.7 Å². The Kier molecular flexibility index (Phi) is 14.4. The molecule has 2 aliphatic rings. The number of carbonyl (C=O) groups is 4. The van der Waals surface area contributed by atoms with Gasteiger partial charge < -0.3 is 39.8 Å². The maximum absolute atomic E-state index is 14.5. The topological polar surface area (TPSA) is 175 Å². The van der Waals surface area contributed by atoms with Crippen LogP contribution in [0.4, 0.5) is 9.59 Å². The molecule has 0 radical (unpaired) electrons. The average Bonchev–Trinajstić information content (AvgIpc) is 3.79. The molecule has 5 rings (SSSR count). The lowest BCUT2D eigenvalue weighted by atomic mass is 9.86. The number of rotatable bonds is 17. The summed E-state index contributed by atoms with van der Waals surface area (Å²) in [5.74, 6) is 0.0416. The van der Waals surface area contributed by atoms with Crippen LogP contribution < -0.4 is 25.5 Å².